The smallest absolute Gasteiger partial charge is 0.435 e. The van der Waals surface area contributed by atoms with Crippen LogP contribution in [-0.4, -0.2) is 33.9 Å². The van der Waals surface area contributed by atoms with Crippen LogP contribution in [0.3, 0.4) is 0 Å². The minimum Gasteiger partial charge on any atom is -0.444 e. The van der Waals surface area contributed by atoms with Gasteiger partial charge in [0.15, 0.2) is 5.69 Å². The Hall–Kier alpha value is -4.78. The second kappa shape index (κ2) is 13.5. The number of amides is 2. The van der Waals surface area contributed by atoms with Crippen molar-refractivity contribution in [2.75, 3.05) is 11.9 Å². The van der Waals surface area contributed by atoms with Gasteiger partial charge in [0, 0.05) is 23.9 Å². The number of anilines is 1. The molecule has 1 heterocycles. The minimum atomic E-state index is -4.84. The summed E-state index contributed by atoms with van der Waals surface area (Å²) in [7, 11) is 0. The van der Waals surface area contributed by atoms with Crippen molar-refractivity contribution in [2.24, 2.45) is 5.92 Å². The predicted molar refractivity (Wildman–Crippen MR) is 165 cm³/mol. The number of benzene rings is 3. The molecule has 0 radical (unpaired) electrons. The first-order valence-electron chi connectivity index (χ1n) is 15.0. The Morgan fingerprint density at radius 2 is 1.72 bits per heavy atom. The van der Waals surface area contributed by atoms with Crippen molar-refractivity contribution in [3.8, 4) is 5.69 Å². The molecule has 3 aromatic carbocycles. The molecule has 13 heteroatoms. The molecule has 1 unspecified atom stereocenters. The highest BCUT2D eigenvalue weighted by Crippen LogP contribution is 2.33. The molecular weight excluding hydrogens is 621 g/mol. The number of alkyl carbamates (subject to hydrolysis) is 1. The van der Waals surface area contributed by atoms with Gasteiger partial charge in [0.25, 0.3) is 5.91 Å². The van der Waals surface area contributed by atoms with Crippen LogP contribution in [0.2, 0.25) is 0 Å². The lowest BCUT2D eigenvalue weighted by atomic mass is 9.97. The third kappa shape index (κ3) is 8.94. The number of carbonyl (C=O) groups is 2. The van der Waals surface area contributed by atoms with Gasteiger partial charge in [-0.15, -0.1) is 0 Å². The molecule has 0 bridgehead atoms. The van der Waals surface area contributed by atoms with Crippen LogP contribution >= 0.6 is 0 Å². The summed E-state index contributed by atoms with van der Waals surface area (Å²) in [6, 6.07) is 15.6. The van der Waals surface area contributed by atoms with E-state index in [-0.39, 0.29) is 23.5 Å². The van der Waals surface area contributed by atoms with E-state index in [0.717, 1.165) is 35.7 Å². The maximum atomic E-state index is 14.9. The van der Waals surface area contributed by atoms with Crippen LogP contribution in [0.25, 0.3) is 5.69 Å². The van der Waals surface area contributed by atoms with Gasteiger partial charge >= 0.3 is 12.3 Å². The Bertz CT molecular complexity index is 1760. The topological polar surface area (TPSA) is 97.3 Å². The molecule has 0 aliphatic heterocycles. The molecule has 0 spiro atoms. The summed E-state index contributed by atoms with van der Waals surface area (Å²) in [4.78, 5) is 25.6. The lowest BCUT2D eigenvalue weighted by Gasteiger charge is -2.21. The van der Waals surface area contributed by atoms with E-state index in [1.54, 1.807) is 51.1 Å². The van der Waals surface area contributed by atoms with Crippen LogP contribution in [0.15, 0.2) is 72.8 Å². The predicted octanol–water partition coefficient (Wildman–Crippen LogP) is 7.54. The van der Waals surface area contributed by atoms with E-state index in [1.165, 1.54) is 18.2 Å². The normalized spacial score (nSPS) is 14.0. The average Bonchev–Trinajstić information content (AvgIpc) is 3.70. The van der Waals surface area contributed by atoms with Crippen LogP contribution in [0.1, 0.15) is 72.5 Å². The highest BCUT2D eigenvalue weighted by atomic mass is 19.4. The molecule has 1 fully saturated rings. The maximum absolute atomic E-state index is 14.9. The van der Waals surface area contributed by atoms with Crippen LogP contribution in [-0.2, 0) is 17.5 Å². The average molecular weight is 656 g/mol. The largest absolute Gasteiger partial charge is 0.444 e. The Morgan fingerprint density at radius 1 is 0.979 bits per heavy atom. The monoisotopic (exact) mass is 655 g/mol. The van der Waals surface area contributed by atoms with Crippen LogP contribution < -0.4 is 16.0 Å². The first-order valence-corrected chi connectivity index (χ1v) is 15.0. The number of ether oxygens (including phenoxy) is 1. The molecule has 1 aliphatic rings. The highest BCUT2D eigenvalue weighted by molar-refractivity contribution is 6.03. The molecule has 248 valence electrons. The third-order valence-electron chi connectivity index (χ3n) is 7.28. The van der Waals surface area contributed by atoms with E-state index >= 15 is 0 Å². The SMILES string of the molecule is CC(C)(C)OC(=O)NCc1cccc(-n2nc(C(F)(F)F)cc2C(=O)Nc2cccc(C(NCC3CC3)c3cc(F)ccc3F)c2)c1. The standard InChI is InChI=1S/C34H34F5N5O3/c1-33(2,3)47-32(46)41-19-21-6-4-9-25(14-21)44-28(17-29(43-44)34(37,38)39)31(45)42-24-8-5-7-22(15-24)30(40-18-20-10-11-20)26-16-23(35)12-13-27(26)36/h4-9,12-17,20,30,40H,10-11,18-19H2,1-3H3,(H,41,46)(H,42,45). The van der Waals surface area contributed by atoms with Gasteiger partial charge in [-0.1, -0.05) is 24.3 Å². The zero-order valence-electron chi connectivity index (χ0n) is 25.9. The van der Waals surface area contributed by atoms with E-state index in [1.807, 2.05) is 0 Å². The van der Waals surface area contributed by atoms with E-state index in [9.17, 15) is 31.5 Å². The van der Waals surface area contributed by atoms with Crippen LogP contribution in [0.4, 0.5) is 32.4 Å². The molecule has 2 amide bonds. The number of nitrogens with zero attached hydrogens (tertiary/aromatic N) is 2. The molecule has 0 saturated heterocycles. The van der Waals surface area contributed by atoms with E-state index in [0.29, 0.717) is 29.7 Å². The van der Waals surface area contributed by atoms with Gasteiger partial charge < -0.3 is 20.7 Å². The fourth-order valence-corrected chi connectivity index (χ4v) is 4.91. The third-order valence-corrected chi connectivity index (χ3v) is 7.28. The van der Waals surface area contributed by atoms with Gasteiger partial charge in [-0.25, -0.2) is 18.3 Å². The maximum Gasteiger partial charge on any atom is 0.435 e. The molecule has 5 rings (SSSR count). The number of halogens is 5. The molecule has 47 heavy (non-hydrogen) atoms. The zero-order chi connectivity index (χ0) is 33.9. The summed E-state index contributed by atoms with van der Waals surface area (Å²) < 4.78 is 76.4. The Kier molecular flexibility index (Phi) is 9.66. The number of nitrogens with one attached hydrogen (secondary N) is 3. The van der Waals surface area contributed by atoms with E-state index in [4.69, 9.17) is 4.74 Å². The van der Waals surface area contributed by atoms with Gasteiger partial charge in [-0.3, -0.25) is 4.79 Å². The molecule has 1 atom stereocenters. The number of hydrogen-bond acceptors (Lipinski definition) is 5. The summed E-state index contributed by atoms with van der Waals surface area (Å²) in [5, 5.41) is 12.2. The van der Waals surface area contributed by atoms with Crippen molar-refractivity contribution in [1.82, 2.24) is 20.4 Å². The van der Waals surface area contributed by atoms with Crippen molar-refractivity contribution >= 4 is 17.7 Å². The summed E-state index contributed by atoms with van der Waals surface area (Å²) in [5.41, 5.74) is -0.913. The minimum absolute atomic E-state index is 0.00628. The number of rotatable bonds is 10. The number of aromatic nitrogens is 2. The van der Waals surface area contributed by atoms with Crippen LogP contribution in [0, 0.1) is 17.6 Å². The van der Waals surface area contributed by atoms with Crippen molar-refractivity contribution in [1.29, 1.82) is 0 Å². The van der Waals surface area contributed by atoms with Crippen molar-refractivity contribution < 1.29 is 36.3 Å². The van der Waals surface area contributed by atoms with Gasteiger partial charge in [0.1, 0.15) is 22.9 Å². The molecular formula is C34H34F5N5O3. The molecule has 8 nitrogen and oxygen atoms in total. The Morgan fingerprint density at radius 3 is 2.43 bits per heavy atom. The van der Waals surface area contributed by atoms with Crippen LogP contribution in [0.5, 0.6) is 0 Å². The fraction of sp³-hybridized carbons (Fsp3) is 0.324. The summed E-state index contributed by atoms with van der Waals surface area (Å²) >= 11 is 0. The Balaban J connectivity index is 1.41. The summed E-state index contributed by atoms with van der Waals surface area (Å²) in [6.45, 7) is 5.71. The van der Waals surface area contributed by atoms with Crippen molar-refractivity contribution in [3.63, 3.8) is 0 Å². The highest BCUT2D eigenvalue weighted by Gasteiger charge is 2.36. The second-order valence-electron chi connectivity index (χ2n) is 12.4. The number of hydrogen-bond donors (Lipinski definition) is 3. The summed E-state index contributed by atoms with van der Waals surface area (Å²) in [5.74, 6) is -1.68. The molecule has 3 N–H and O–H groups in total. The van der Waals surface area contributed by atoms with E-state index in [2.05, 4.69) is 21.0 Å². The van der Waals surface area contributed by atoms with Crippen molar-refractivity contribution in [3.05, 3.63) is 113 Å². The van der Waals surface area contributed by atoms with Gasteiger partial charge in [-0.05, 0) is 99.7 Å². The van der Waals surface area contributed by atoms with Gasteiger partial charge in [-0.2, -0.15) is 18.3 Å². The lowest BCUT2D eigenvalue weighted by Crippen LogP contribution is -2.32. The quantitative estimate of drug-likeness (QED) is 0.154. The molecule has 4 aromatic rings. The summed E-state index contributed by atoms with van der Waals surface area (Å²) in [6.07, 6.45) is -3.46. The fourth-order valence-electron chi connectivity index (χ4n) is 4.91. The Labute approximate surface area is 268 Å². The van der Waals surface area contributed by atoms with Gasteiger partial charge in [0.05, 0.1) is 11.7 Å². The van der Waals surface area contributed by atoms with Crippen molar-refractivity contribution in [2.45, 2.75) is 58.0 Å². The first-order chi connectivity index (χ1) is 22.2. The first kappa shape index (κ1) is 33.6. The molecule has 1 saturated carbocycles. The zero-order valence-corrected chi connectivity index (χ0v) is 25.9. The second-order valence-corrected chi connectivity index (χ2v) is 12.4. The van der Waals surface area contributed by atoms with E-state index < -0.39 is 52.8 Å². The number of carbonyl (C=O) groups excluding carboxylic acids is 2. The lowest BCUT2D eigenvalue weighted by molar-refractivity contribution is -0.141. The number of alkyl halides is 3. The molecule has 1 aromatic heterocycles. The molecule has 1 aliphatic carbocycles. The van der Waals surface area contributed by atoms with Gasteiger partial charge in [0.2, 0.25) is 0 Å².